The number of nitrogens with zero attached hydrogens (tertiary/aromatic N) is 2. The van der Waals surface area contributed by atoms with E-state index in [1.165, 1.54) is 6.07 Å². The molecule has 5 heteroatoms. The highest BCUT2D eigenvalue weighted by molar-refractivity contribution is 5.72. The van der Waals surface area contributed by atoms with Crippen molar-refractivity contribution in [3.05, 3.63) is 42.3 Å². The normalized spacial score (nSPS) is 10.8. The molecule has 0 fully saturated rings. The summed E-state index contributed by atoms with van der Waals surface area (Å²) in [4.78, 5) is 8.03. The number of ether oxygens (including phenoxy) is 1. The SMILES string of the molecule is COc1cccc(-c2nc3cc(F)cnc3o2)c1. The van der Waals surface area contributed by atoms with Crippen molar-refractivity contribution in [1.82, 2.24) is 9.97 Å². The van der Waals surface area contributed by atoms with Crippen molar-refractivity contribution in [1.29, 1.82) is 0 Å². The highest BCUT2D eigenvalue weighted by Crippen LogP contribution is 2.26. The van der Waals surface area contributed by atoms with Gasteiger partial charge in [-0.25, -0.2) is 14.4 Å². The summed E-state index contributed by atoms with van der Waals surface area (Å²) in [6.07, 6.45) is 1.10. The van der Waals surface area contributed by atoms with Crippen LogP contribution in [0.4, 0.5) is 4.39 Å². The Balaban J connectivity index is 2.13. The Morgan fingerprint density at radius 2 is 2.17 bits per heavy atom. The van der Waals surface area contributed by atoms with E-state index in [0.29, 0.717) is 22.9 Å². The Labute approximate surface area is 102 Å². The van der Waals surface area contributed by atoms with Crippen LogP contribution < -0.4 is 4.74 Å². The second-order valence-corrected chi connectivity index (χ2v) is 3.73. The van der Waals surface area contributed by atoms with Crippen LogP contribution in [0.3, 0.4) is 0 Å². The molecule has 0 saturated carbocycles. The third-order valence-corrected chi connectivity index (χ3v) is 2.53. The summed E-state index contributed by atoms with van der Waals surface area (Å²) in [7, 11) is 1.59. The number of oxazole rings is 1. The molecule has 18 heavy (non-hydrogen) atoms. The molecule has 4 nitrogen and oxygen atoms in total. The molecular weight excluding hydrogens is 235 g/mol. The second kappa shape index (κ2) is 4.10. The largest absolute Gasteiger partial charge is 0.497 e. The van der Waals surface area contributed by atoms with Crippen molar-refractivity contribution < 1.29 is 13.5 Å². The molecule has 0 aliphatic rings. The summed E-state index contributed by atoms with van der Waals surface area (Å²) < 4.78 is 23.6. The van der Waals surface area contributed by atoms with E-state index in [1.807, 2.05) is 18.2 Å². The number of hydrogen-bond acceptors (Lipinski definition) is 4. The van der Waals surface area contributed by atoms with Crippen LogP contribution in [0, 0.1) is 5.82 Å². The van der Waals surface area contributed by atoms with Gasteiger partial charge in [0.25, 0.3) is 0 Å². The lowest BCUT2D eigenvalue weighted by atomic mass is 10.2. The van der Waals surface area contributed by atoms with Gasteiger partial charge in [-0.3, -0.25) is 0 Å². The molecule has 0 atom stereocenters. The number of hydrogen-bond donors (Lipinski definition) is 0. The molecule has 0 aliphatic heterocycles. The minimum Gasteiger partial charge on any atom is -0.497 e. The number of aromatic nitrogens is 2. The van der Waals surface area contributed by atoms with Crippen LogP contribution in [0.15, 0.2) is 40.9 Å². The lowest BCUT2D eigenvalue weighted by Crippen LogP contribution is -1.83. The predicted octanol–water partition coefficient (Wildman–Crippen LogP) is 3.04. The number of halogens is 1. The number of benzene rings is 1. The Hall–Kier alpha value is -2.43. The highest BCUT2D eigenvalue weighted by atomic mass is 19.1. The molecule has 0 aliphatic carbocycles. The summed E-state index contributed by atoms with van der Waals surface area (Å²) in [5, 5.41) is 0. The van der Waals surface area contributed by atoms with Crippen LogP contribution in [0.1, 0.15) is 0 Å². The molecule has 2 aromatic heterocycles. The Morgan fingerprint density at radius 3 is 3.00 bits per heavy atom. The van der Waals surface area contributed by atoms with Gasteiger partial charge in [0.05, 0.1) is 13.3 Å². The van der Waals surface area contributed by atoms with Crippen molar-refractivity contribution in [2.45, 2.75) is 0 Å². The zero-order chi connectivity index (χ0) is 12.5. The zero-order valence-corrected chi connectivity index (χ0v) is 9.55. The molecule has 1 aromatic carbocycles. The van der Waals surface area contributed by atoms with Crippen LogP contribution in [-0.4, -0.2) is 17.1 Å². The molecule has 0 saturated heterocycles. The molecule has 0 amide bonds. The fourth-order valence-electron chi connectivity index (χ4n) is 1.68. The first-order valence-corrected chi connectivity index (χ1v) is 5.33. The van der Waals surface area contributed by atoms with Gasteiger partial charge in [-0.1, -0.05) is 6.07 Å². The molecule has 3 aromatic rings. The van der Waals surface area contributed by atoms with E-state index in [0.717, 1.165) is 11.8 Å². The first-order chi connectivity index (χ1) is 8.76. The second-order valence-electron chi connectivity index (χ2n) is 3.73. The Bertz CT molecular complexity index is 709. The van der Waals surface area contributed by atoms with Gasteiger partial charge in [-0.2, -0.15) is 0 Å². The summed E-state index contributed by atoms with van der Waals surface area (Å²) in [6, 6.07) is 8.57. The quantitative estimate of drug-likeness (QED) is 0.695. The number of methoxy groups -OCH3 is 1. The minimum absolute atomic E-state index is 0.314. The number of rotatable bonds is 2. The summed E-state index contributed by atoms with van der Waals surface area (Å²) in [6.45, 7) is 0. The molecule has 2 heterocycles. The lowest BCUT2D eigenvalue weighted by Gasteiger charge is -2.00. The van der Waals surface area contributed by atoms with E-state index in [9.17, 15) is 4.39 Å². The predicted molar refractivity (Wildman–Crippen MR) is 63.8 cm³/mol. The van der Waals surface area contributed by atoms with Crippen LogP contribution in [0.25, 0.3) is 22.7 Å². The molecule has 0 N–H and O–H groups in total. The first-order valence-electron chi connectivity index (χ1n) is 5.33. The summed E-state index contributed by atoms with van der Waals surface area (Å²) in [5.41, 5.74) is 1.47. The monoisotopic (exact) mass is 244 g/mol. The zero-order valence-electron chi connectivity index (χ0n) is 9.55. The Morgan fingerprint density at radius 1 is 1.28 bits per heavy atom. The highest BCUT2D eigenvalue weighted by Gasteiger charge is 2.10. The van der Waals surface area contributed by atoms with Gasteiger partial charge in [-0.05, 0) is 18.2 Å². The summed E-state index contributed by atoms with van der Waals surface area (Å²) >= 11 is 0. The minimum atomic E-state index is -0.437. The molecular formula is C13H9FN2O2. The van der Waals surface area contributed by atoms with Crippen molar-refractivity contribution in [3.63, 3.8) is 0 Å². The van der Waals surface area contributed by atoms with Crippen LogP contribution in [-0.2, 0) is 0 Å². The van der Waals surface area contributed by atoms with Crippen molar-refractivity contribution in [2.24, 2.45) is 0 Å². The van der Waals surface area contributed by atoms with E-state index in [4.69, 9.17) is 9.15 Å². The van der Waals surface area contributed by atoms with Crippen LogP contribution in [0.5, 0.6) is 5.75 Å². The Kier molecular flexibility index (Phi) is 2.44. The maximum absolute atomic E-state index is 13.0. The van der Waals surface area contributed by atoms with E-state index >= 15 is 0 Å². The molecule has 90 valence electrons. The third kappa shape index (κ3) is 1.79. The topological polar surface area (TPSA) is 48.2 Å². The summed E-state index contributed by atoms with van der Waals surface area (Å²) in [5.74, 6) is 0.656. The van der Waals surface area contributed by atoms with E-state index in [2.05, 4.69) is 9.97 Å². The van der Waals surface area contributed by atoms with E-state index in [-0.39, 0.29) is 0 Å². The van der Waals surface area contributed by atoms with Crippen LogP contribution in [0.2, 0.25) is 0 Å². The van der Waals surface area contributed by atoms with Gasteiger partial charge in [0, 0.05) is 11.6 Å². The molecule has 3 rings (SSSR count). The van der Waals surface area contributed by atoms with Gasteiger partial charge in [0.15, 0.2) is 0 Å². The standard InChI is InChI=1S/C13H9FN2O2/c1-17-10-4-2-3-8(5-10)12-16-11-6-9(14)7-15-13(11)18-12/h2-7H,1H3. The maximum atomic E-state index is 13.0. The van der Waals surface area contributed by atoms with Gasteiger partial charge in [0.2, 0.25) is 11.6 Å². The lowest BCUT2D eigenvalue weighted by molar-refractivity contribution is 0.415. The van der Waals surface area contributed by atoms with Gasteiger partial charge in [0.1, 0.15) is 17.1 Å². The average molecular weight is 244 g/mol. The van der Waals surface area contributed by atoms with Gasteiger partial charge in [-0.15, -0.1) is 0 Å². The van der Waals surface area contributed by atoms with Gasteiger partial charge >= 0.3 is 0 Å². The van der Waals surface area contributed by atoms with E-state index < -0.39 is 5.82 Å². The fraction of sp³-hybridized carbons (Fsp3) is 0.0769. The van der Waals surface area contributed by atoms with Crippen molar-refractivity contribution >= 4 is 11.2 Å². The first kappa shape index (κ1) is 10.7. The van der Waals surface area contributed by atoms with Gasteiger partial charge < -0.3 is 9.15 Å². The third-order valence-electron chi connectivity index (χ3n) is 2.53. The maximum Gasteiger partial charge on any atom is 0.247 e. The number of pyridine rings is 1. The van der Waals surface area contributed by atoms with Crippen LogP contribution >= 0.6 is 0 Å². The fourth-order valence-corrected chi connectivity index (χ4v) is 1.68. The molecule has 0 radical (unpaired) electrons. The molecule has 0 bridgehead atoms. The van der Waals surface area contributed by atoms with E-state index in [1.54, 1.807) is 13.2 Å². The molecule has 0 unspecified atom stereocenters. The van der Waals surface area contributed by atoms with Crippen molar-refractivity contribution in [2.75, 3.05) is 7.11 Å². The van der Waals surface area contributed by atoms with Crippen molar-refractivity contribution in [3.8, 4) is 17.2 Å². The number of fused-ring (bicyclic) bond motifs is 1. The average Bonchev–Trinajstić information content (AvgIpc) is 2.81. The molecule has 0 spiro atoms. The smallest absolute Gasteiger partial charge is 0.247 e.